The van der Waals surface area contributed by atoms with Crippen LogP contribution in [0.15, 0.2) is 12.1 Å². The second-order valence-corrected chi connectivity index (χ2v) is 5.10. The van der Waals surface area contributed by atoms with Gasteiger partial charge >= 0.3 is 6.03 Å². The number of nitrogens with zero attached hydrogens (tertiary/aromatic N) is 4. The molecule has 3 rings (SSSR count). The van der Waals surface area contributed by atoms with Gasteiger partial charge in [-0.15, -0.1) is 0 Å². The van der Waals surface area contributed by atoms with Crippen molar-refractivity contribution < 1.29 is 14.5 Å². The van der Waals surface area contributed by atoms with Crippen molar-refractivity contribution in [3.05, 3.63) is 22.2 Å². The van der Waals surface area contributed by atoms with Crippen molar-refractivity contribution >= 4 is 63.3 Å². The van der Waals surface area contributed by atoms with Gasteiger partial charge in [0.2, 0.25) is 5.91 Å². The Kier molecular flexibility index (Phi) is 3.07. The van der Waals surface area contributed by atoms with Crippen LogP contribution in [0.2, 0.25) is 0 Å². The number of nitrogens with one attached hydrogen (secondary N) is 1. The van der Waals surface area contributed by atoms with Gasteiger partial charge in [0, 0.05) is 6.07 Å². The molecular formula is C10H5N5O4S2. The molecule has 0 atom stereocenters. The van der Waals surface area contributed by atoms with E-state index in [1.54, 1.807) is 0 Å². The summed E-state index contributed by atoms with van der Waals surface area (Å²) in [5.41, 5.74) is 0.0824. The third-order valence-electron chi connectivity index (χ3n) is 2.82. The number of hydrogen-bond donors (Lipinski definition) is 1. The molecule has 0 radical (unpaired) electrons. The SMILES string of the molecule is O=C1CC(=S)NC(=O)N1c1ccc([N+](=O)[O-])c2nsnc12. The lowest BCUT2D eigenvalue weighted by Gasteiger charge is -2.25. The summed E-state index contributed by atoms with van der Waals surface area (Å²) in [6.07, 6.45) is -0.114. The van der Waals surface area contributed by atoms with E-state index < -0.39 is 16.9 Å². The van der Waals surface area contributed by atoms with E-state index in [4.69, 9.17) is 12.2 Å². The van der Waals surface area contributed by atoms with E-state index >= 15 is 0 Å². The van der Waals surface area contributed by atoms with Crippen LogP contribution in [-0.2, 0) is 4.79 Å². The summed E-state index contributed by atoms with van der Waals surface area (Å²) in [5.74, 6) is -0.521. The van der Waals surface area contributed by atoms with Crippen LogP contribution in [0.4, 0.5) is 16.2 Å². The molecule has 11 heteroatoms. The molecule has 0 spiro atoms. The Labute approximate surface area is 126 Å². The molecule has 1 aliphatic heterocycles. The number of anilines is 1. The average Bonchev–Trinajstić information content (AvgIpc) is 2.86. The lowest BCUT2D eigenvalue weighted by atomic mass is 10.2. The molecule has 0 bridgehead atoms. The van der Waals surface area contributed by atoms with Crippen LogP contribution in [0.25, 0.3) is 11.0 Å². The zero-order valence-electron chi connectivity index (χ0n) is 10.1. The van der Waals surface area contributed by atoms with E-state index in [2.05, 4.69) is 14.1 Å². The number of imide groups is 1. The van der Waals surface area contributed by atoms with E-state index in [1.807, 2.05) is 0 Å². The molecule has 1 aromatic heterocycles. The van der Waals surface area contributed by atoms with Gasteiger partial charge in [0.1, 0.15) is 5.52 Å². The molecule has 0 saturated carbocycles. The van der Waals surface area contributed by atoms with E-state index in [1.165, 1.54) is 12.1 Å². The first-order chi connectivity index (χ1) is 9.99. The number of aromatic nitrogens is 2. The van der Waals surface area contributed by atoms with Crippen LogP contribution in [-0.4, -0.2) is 30.6 Å². The quantitative estimate of drug-likeness (QED) is 0.503. The van der Waals surface area contributed by atoms with Crippen molar-refractivity contribution in [3.63, 3.8) is 0 Å². The minimum Gasteiger partial charge on any atom is -0.301 e. The number of nitro benzene ring substituents is 1. The van der Waals surface area contributed by atoms with Crippen molar-refractivity contribution in [2.24, 2.45) is 0 Å². The number of fused-ring (bicyclic) bond motifs is 1. The van der Waals surface area contributed by atoms with Gasteiger partial charge in [0.15, 0.2) is 5.52 Å². The number of non-ortho nitro benzene ring substituents is 1. The fraction of sp³-hybridized carbons (Fsp3) is 0.100. The van der Waals surface area contributed by atoms with Gasteiger partial charge in [-0.2, -0.15) is 8.75 Å². The Hall–Kier alpha value is -2.53. The molecule has 21 heavy (non-hydrogen) atoms. The standard InChI is InChI=1S/C10H5N5O4S2/c16-7-3-6(20)11-10(17)14(7)4-1-2-5(15(18)19)9-8(4)12-21-13-9/h1-2H,3H2,(H,11,17,20). The average molecular weight is 323 g/mol. The van der Waals surface area contributed by atoms with Gasteiger partial charge < -0.3 is 5.32 Å². The molecule has 0 unspecified atom stereocenters. The summed E-state index contributed by atoms with van der Waals surface area (Å²) in [4.78, 5) is 35.3. The first-order valence-corrected chi connectivity index (χ1v) is 6.69. The summed E-state index contributed by atoms with van der Waals surface area (Å²) in [7, 11) is 0. The van der Waals surface area contributed by atoms with Gasteiger partial charge in [0.05, 0.1) is 33.7 Å². The number of amides is 3. The van der Waals surface area contributed by atoms with E-state index in [9.17, 15) is 19.7 Å². The smallest absolute Gasteiger partial charge is 0.301 e. The fourth-order valence-corrected chi connectivity index (χ4v) is 2.74. The second-order valence-electron chi connectivity index (χ2n) is 4.08. The molecule has 2 aromatic rings. The third-order valence-corrected chi connectivity index (χ3v) is 3.60. The summed E-state index contributed by atoms with van der Waals surface area (Å²) < 4.78 is 7.80. The maximum atomic E-state index is 12.0. The number of thiocarbonyl (C=S) groups is 1. The predicted octanol–water partition coefficient (Wildman–Crippen LogP) is 1.37. The molecule has 1 aliphatic rings. The van der Waals surface area contributed by atoms with Gasteiger partial charge in [-0.3, -0.25) is 14.9 Å². The normalized spacial score (nSPS) is 15.4. The first kappa shape index (κ1) is 13.5. The zero-order chi connectivity index (χ0) is 15.1. The van der Waals surface area contributed by atoms with Crippen LogP contribution in [0.1, 0.15) is 6.42 Å². The lowest BCUT2D eigenvalue weighted by Crippen LogP contribution is -2.52. The van der Waals surface area contributed by atoms with E-state index in [-0.39, 0.29) is 33.8 Å². The van der Waals surface area contributed by atoms with E-state index in [0.717, 1.165) is 16.6 Å². The molecule has 1 aromatic carbocycles. The number of benzene rings is 1. The van der Waals surface area contributed by atoms with Gasteiger partial charge in [-0.05, 0) is 6.07 Å². The topological polar surface area (TPSA) is 118 Å². The van der Waals surface area contributed by atoms with Gasteiger partial charge in [0.25, 0.3) is 5.69 Å². The molecular weight excluding hydrogens is 318 g/mol. The molecule has 1 saturated heterocycles. The van der Waals surface area contributed by atoms with Crippen LogP contribution >= 0.6 is 23.9 Å². The van der Waals surface area contributed by atoms with E-state index in [0.29, 0.717) is 0 Å². The molecule has 0 aliphatic carbocycles. The maximum absolute atomic E-state index is 12.0. The molecule has 1 fully saturated rings. The van der Waals surface area contributed by atoms with Crippen LogP contribution < -0.4 is 10.2 Å². The Balaban J connectivity index is 2.18. The minimum absolute atomic E-state index is 0.0382. The lowest BCUT2D eigenvalue weighted by molar-refractivity contribution is -0.383. The minimum atomic E-state index is -0.709. The number of rotatable bonds is 2. The van der Waals surface area contributed by atoms with Crippen molar-refractivity contribution in [2.75, 3.05) is 4.90 Å². The van der Waals surface area contributed by atoms with Crippen LogP contribution in [0, 0.1) is 10.1 Å². The summed E-state index contributed by atoms with van der Waals surface area (Å²) in [6.45, 7) is 0. The highest BCUT2D eigenvalue weighted by Gasteiger charge is 2.33. The monoisotopic (exact) mass is 323 g/mol. The first-order valence-electron chi connectivity index (χ1n) is 5.55. The number of nitro groups is 1. The number of carbonyl (C=O) groups excluding carboxylic acids is 2. The Morgan fingerprint density at radius 1 is 1.33 bits per heavy atom. The summed E-state index contributed by atoms with van der Waals surface area (Å²) in [5, 5.41) is 13.3. The predicted molar refractivity (Wildman–Crippen MR) is 77.3 cm³/mol. The van der Waals surface area contributed by atoms with Crippen molar-refractivity contribution in [1.82, 2.24) is 14.1 Å². The highest BCUT2D eigenvalue weighted by molar-refractivity contribution is 7.80. The summed E-state index contributed by atoms with van der Waals surface area (Å²) in [6, 6.07) is 1.78. The molecule has 106 valence electrons. The van der Waals surface area contributed by atoms with Crippen molar-refractivity contribution in [3.8, 4) is 0 Å². The van der Waals surface area contributed by atoms with Crippen LogP contribution in [0.3, 0.4) is 0 Å². The number of hydrogen-bond acceptors (Lipinski definition) is 8. The number of urea groups is 1. The Morgan fingerprint density at radius 3 is 2.71 bits per heavy atom. The third kappa shape index (κ3) is 2.11. The molecule has 9 nitrogen and oxygen atoms in total. The Morgan fingerprint density at radius 2 is 2.05 bits per heavy atom. The zero-order valence-corrected chi connectivity index (χ0v) is 11.7. The van der Waals surface area contributed by atoms with Gasteiger partial charge in [-0.25, -0.2) is 9.69 Å². The highest BCUT2D eigenvalue weighted by atomic mass is 32.1. The molecule has 3 amide bonds. The maximum Gasteiger partial charge on any atom is 0.333 e. The van der Waals surface area contributed by atoms with Crippen molar-refractivity contribution in [2.45, 2.75) is 6.42 Å². The largest absolute Gasteiger partial charge is 0.333 e. The van der Waals surface area contributed by atoms with Crippen LogP contribution in [0.5, 0.6) is 0 Å². The van der Waals surface area contributed by atoms with Crippen molar-refractivity contribution in [1.29, 1.82) is 0 Å². The summed E-state index contributed by atoms with van der Waals surface area (Å²) >= 11 is 5.57. The molecule has 1 N–H and O–H groups in total. The fourth-order valence-electron chi connectivity index (χ4n) is 1.96. The number of carbonyl (C=O) groups is 2. The highest BCUT2D eigenvalue weighted by Crippen LogP contribution is 2.33. The Bertz CT molecular complexity index is 797. The van der Waals surface area contributed by atoms with Gasteiger partial charge in [-0.1, -0.05) is 12.2 Å². The molecule has 2 heterocycles. The second kappa shape index (κ2) is 4.79.